The van der Waals surface area contributed by atoms with Gasteiger partial charge in [0.15, 0.2) is 0 Å². The van der Waals surface area contributed by atoms with E-state index in [1.54, 1.807) is 30.5 Å². The number of halogens is 1. The van der Waals surface area contributed by atoms with Crippen LogP contribution in [0.25, 0.3) is 21.8 Å². The van der Waals surface area contributed by atoms with Crippen molar-refractivity contribution < 1.29 is 4.79 Å². The summed E-state index contributed by atoms with van der Waals surface area (Å²) < 4.78 is 2.30. The van der Waals surface area contributed by atoms with E-state index in [2.05, 4.69) is 52.3 Å². The Balaban J connectivity index is 1.62. The van der Waals surface area contributed by atoms with Crippen LogP contribution >= 0.6 is 11.6 Å². The Kier molecular flexibility index (Phi) is 4.65. The molecule has 0 aliphatic rings. The molecule has 134 valence electrons. The monoisotopic (exact) mass is 375 g/mol. The van der Waals surface area contributed by atoms with Crippen molar-refractivity contribution in [3.05, 3.63) is 82.9 Å². The maximum atomic E-state index is 12.1. The standard InChI is InChI=1S/C22H18ClN3O/c1-2-26-20-9-4-3-8-18(20)19-12-15(10-11-21(19)26)14-24-25-22(27)16-6-5-7-17(23)13-16/h3-14H,2H2,1H3,(H,25,27). The summed E-state index contributed by atoms with van der Waals surface area (Å²) in [6.07, 6.45) is 1.65. The van der Waals surface area contributed by atoms with Crippen LogP contribution in [0.2, 0.25) is 5.02 Å². The summed E-state index contributed by atoms with van der Waals surface area (Å²) in [5.74, 6) is -0.294. The average molecular weight is 376 g/mol. The number of hydrazone groups is 1. The van der Waals surface area contributed by atoms with Gasteiger partial charge in [-0.2, -0.15) is 5.10 Å². The molecule has 1 amide bonds. The van der Waals surface area contributed by atoms with E-state index in [-0.39, 0.29) is 5.91 Å². The van der Waals surface area contributed by atoms with Gasteiger partial charge in [-0.1, -0.05) is 41.9 Å². The van der Waals surface area contributed by atoms with Gasteiger partial charge < -0.3 is 4.57 Å². The number of nitrogens with one attached hydrogen (secondary N) is 1. The molecule has 1 aromatic heterocycles. The van der Waals surface area contributed by atoms with Gasteiger partial charge in [-0.3, -0.25) is 4.79 Å². The molecule has 0 aliphatic heterocycles. The first kappa shape index (κ1) is 17.3. The number of aromatic nitrogens is 1. The second kappa shape index (κ2) is 7.25. The number of fused-ring (bicyclic) bond motifs is 3. The summed E-state index contributed by atoms with van der Waals surface area (Å²) in [5, 5.41) is 7.00. The minimum atomic E-state index is -0.294. The van der Waals surface area contributed by atoms with Crippen LogP contribution in [-0.4, -0.2) is 16.7 Å². The molecular weight excluding hydrogens is 358 g/mol. The maximum absolute atomic E-state index is 12.1. The zero-order valence-corrected chi connectivity index (χ0v) is 15.6. The van der Waals surface area contributed by atoms with E-state index >= 15 is 0 Å². The number of hydrogen-bond donors (Lipinski definition) is 1. The van der Waals surface area contributed by atoms with Crippen LogP contribution in [-0.2, 0) is 6.54 Å². The molecular formula is C22H18ClN3O. The predicted molar refractivity (Wildman–Crippen MR) is 112 cm³/mol. The number of nitrogens with zero attached hydrogens (tertiary/aromatic N) is 2. The lowest BCUT2D eigenvalue weighted by atomic mass is 10.1. The molecule has 0 saturated carbocycles. The Morgan fingerprint density at radius 3 is 2.67 bits per heavy atom. The zero-order valence-electron chi connectivity index (χ0n) is 14.8. The minimum absolute atomic E-state index is 0.294. The van der Waals surface area contributed by atoms with E-state index in [9.17, 15) is 4.79 Å². The van der Waals surface area contributed by atoms with Gasteiger partial charge in [0.2, 0.25) is 0 Å². The number of amides is 1. The summed E-state index contributed by atoms with van der Waals surface area (Å²) in [5.41, 5.74) is 6.35. The summed E-state index contributed by atoms with van der Waals surface area (Å²) in [4.78, 5) is 12.1. The van der Waals surface area contributed by atoms with E-state index in [1.807, 2.05) is 12.1 Å². The second-order valence-corrected chi connectivity index (χ2v) is 6.68. The Morgan fingerprint density at radius 2 is 1.85 bits per heavy atom. The molecule has 27 heavy (non-hydrogen) atoms. The molecule has 0 atom stereocenters. The number of rotatable bonds is 4. The number of hydrogen-bond acceptors (Lipinski definition) is 2. The smallest absolute Gasteiger partial charge is 0.271 e. The molecule has 0 saturated heterocycles. The molecule has 0 radical (unpaired) electrons. The van der Waals surface area contributed by atoms with Crippen LogP contribution in [0, 0.1) is 0 Å². The van der Waals surface area contributed by atoms with Crippen molar-refractivity contribution in [2.75, 3.05) is 0 Å². The molecule has 0 aliphatic carbocycles. The first-order valence-corrected chi connectivity index (χ1v) is 9.15. The molecule has 4 aromatic rings. The van der Waals surface area contributed by atoms with Crippen molar-refractivity contribution in [3.8, 4) is 0 Å². The van der Waals surface area contributed by atoms with Crippen molar-refractivity contribution in [2.45, 2.75) is 13.5 Å². The van der Waals surface area contributed by atoms with Gasteiger partial charge in [-0.15, -0.1) is 0 Å². The molecule has 0 bridgehead atoms. The number of benzene rings is 3. The molecule has 1 heterocycles. The van der Waals surface area contributed by atoms with Crippen LogP contribution in [0.4, 0.5) is 0 Å². The first-order chi connectivity index (χ1) is 13.2. The normalized spacial score (nSPS) is 11.5. The molecule has 0 unspecified atom stereocenters. The summed E-state index contributed by atoms with van der Waals surface area (Å²) in [6.45, 7) is 3.06. The minimum Gasteiger partial charge on any atom is -0.341 e. The highest BCUT2D eigenvalue weighted by Crippen LogP contribution is 2.29. The SMILES string of the molecule is CCn1c2ccccc2c2cc(C=NNC(=O)c3cccc(Cl)c3)ccc21. The number of para-hydroxylation sites is 1. The number of carbonyl (C=O) groups is 1. The van der Waals surface area contributed by atoms with E-state index in [4.69, 9.17) is 11.6 Å². The fraction of sp³-hybridized carbons (Fsp3) is 0.0909. The third kappa shape index (κ3) is 3.32. The van der Waals surface area contributed by atoms with Crippen LogP contribution in [0.3, 0.4) is 0 Å². The molecule has 4 rings (SSSR count). The highest BCUT2D eigenvalue weighted by Gasteiger charge is 2.09. The third-order valence-electron chi connectivity index (χ3n) is 4.58. The number of carbonyl (C=O) groups excluding carboxylic acids is 1. The second-order valence-electron chi connectivity index (χ2n) is 6.25. The van der Waals surface area contributed by atoms with Crippen LogP contribution in [0.15, 0.2) is 71.8 Å². The topological polar surface area (TPSA) is 46.4 Å². The fourth-order valence-corrected chi connectivity index (χ4v) is 3.54. The fourth-order valence-electron chi connectivity index (χ4n) is 3.35. The Hall–Kier alpha value is -3.11. The quantitative estimate of drug-likeness (QED) is 0.385. The van der Waals surface area contributed by atoms with Gasteiger partial charge in [0.1, 0.15) is 0 Å². The van der Waals surface area contributed by atoms with Crippen LogP contribution in [0.5, 0.6) is 0 Å². The predicted octanol–water partition coefficient (Wildman–Crippen LogP) is 5.23. The van der Waals surface area contributed by atoms with E-state index in [1.165, 1.54) is 21.8 Å². The lowest BCUT2D eigenvalue weighted by Gasteiger charge is -2.03. The first-order valence-electron chi connectivity index (χ1n) is 8.77. The largest absolute Gasteiger partial charge is 0.341 e. The van der Waals surface area contributed by atoms with Crippen molar-refractivity contribution in [1.82, 2.24) is 9.99 Å². The Morgan fingerprint density at radius 1 is 1.04 bits per heavy atom. The van der Waals surface area contributed by atoms with Gasteiger partial charge >= 0.3 is 0 Å². The molecule has 1 N–H and O–H groups in total. The third-order valence-corrected chi connectivity index (χ3v) is 4.81. The average Bonchev–Trinajstić information content (AvgIpc) is 3.01. The summed E-state index contributed by atoms with van der Waals surface area (Å²) in [7, 11) is 0. The highest BCUT2D eigenvalue weighted by molar-refractivity contribution is 6.31. The van der Waals surface area contributed by atoms with E-state index < -0.39 is 0 Å². The van der Waals surface area contributed by atoms with Crippen LogP contribution in [0.1, 0.15) is 22.8 Å². The maximum Gasteiger partial charge on any atom is 0.271 e. The Labute approximate surface area is 162 Å². The van der Waals surface area contributed by atoms with Gasteiger partial charge in [-0.25, -0.2) is 5.43 Å². The van der Waals surface area contributed by atoms with E-state index in [0.29, 0.717) is 10.6 Å². The summed E-state index contributed by atoms with van der Waals surface area (Å²) >= 11 is 5.92. The molecule has 0 fully saturated rings. The van der Waals surface area contributed by atoms with Gasteiger partial charge in [0.25, 0.3) is 5.91 Å². The lowest BCUT2D eigenvalue weighted by Crippen LogP contribution is -2.17. The number of aryl methyl sites for hydroxylation is 1. The highest BCUT2D eigenvalue weighted by atomic mass is 35.5. The van der Waals surface area contributed by atoms with Gasteiger partial charge in [-0.05, 0) is 48.9 Å². The molecule has 0 spiro atoms. The Bertz CT molecular complexity index is 1180. The van der Waals surface area contributed by atoms with Gasteiger partial charge in [0, 0.05) is 38.9 Å². The zero-order chi connectivity index (χ0) is 18.8. The van der Waals surface area contributed by atoms with E-state index in [0.717, 1.165) is 12.1 Å². The van der Waals surface area contributed by atoms with Crippen molar-refractivity contribution in [1.29, 1.82) is 0 Å². The summed E-state index contributed by atoms with van der Waals surface area (Å²) in [6, 6.07) is 21.3. The molecule has 5 heteroatoms. The van der Waals surface area contributed by atoms with Crippen LogP contribution < -0.4 is 5.43 Å². The van der Waals surface area contributed by atoms with Crippen molar-refractivity contribution >= 4 is 45.5 Å². The molecule has 3 aromatic carbocycles. The van der Waals surface area contributed by atoms with Crippen molar-refractivity contribution in [3.63, 3.8) is 0 Å². The lowest BCUT2D eigenvalue weighted by molar-refractivity contribution is 0.0955. The van der Waals surface area contributed by atoms with Crippen molar-refractivity contribution in [2.24, 2.45) is 5.10 Å². The molecule has 4 nitrogen and oxygen atoms in total. The van der Waals surface area contributed by atoms with Gasteiger partial charge in [0.05, 0.1) is 6.21 Å².